The summed E-state index contributed by atoms with van der Waals surface area (Å²) in [6.45, 7) is 6.10. The van der Waals surface area contributed by atoms with E-state index in [1.165, 1.54) is 20.8 Å². The lowest BCUT2D eigenvalue weighted by molar-refractivity contribution is -0.357. The molecule has 1 heterocycles. The molecule has 8 nitrogen and oxygen atoms in total. The van der Waals surface area contributed by atoms with Crippen LogP contribution in [0.3, 0.4) is 0 Å². The normalized spacial score (nSPS) is 31.9. The number of esters is 3. The van der Waals surface area contributed by atoms with Gasteiger partial charge in [-0.05, 0) is 38.5 Å². The molecule has 30 heavy (non-hydrogen) atoms. The van der Waals surface area contributed by atoms with Gasteiger partial charge in [-0.15, -0.1) is 0 Å². The van der Waals surface area contributed by atoms with Gasteiger partial charge in [0.1, 0.15) is 12.2 Å². The number of fused-ring (bicyclic) bond motifs is 1. The lowest BCUT2D eigenvalue weighted by Gasteiger charge is -2.52. The number of rotatable bonds is 9. The molecule has 2 rings (SSSR count). The van der Waals surface area contributed by atoms with Gasteiger partial charge in [0.15, 0.2) is 6.10 Å². The van der Waals surface area contributed by atoms with Crippen LogP contribution in [0, 0.1) is 5.92 Å². The number of aliphatic hydroxyl groups is 1. The summed E-state index contributed by atoms with van der Waals surface area (Å²) in [4.78, 5) is 34.8. The molecule has 1 aliphatic heterocycles. The average molecular weight is 429 g/mol. The molecule has 2 fully saturated rings. The molecule has 2 aliphatic rings. The van der Waals surface area contributed by atoms with Crippen molar-refractivity contribution >= 4 is 17.9 Å². The van der Waals surface area contributed by atoms with Crippen LogP contribution in [0.2, 0.25) is 0 Å². The fraction of sp³-hybridized carbons (Fsp3) is 0.864. The highest BCUT2D eigenvalue weighted by atomic mass is 16.7. The molecule has 0 bridgehead atoms. The summed E-state index contributed by atoms with van der Waals surface area (Å²) in [5, 5.41) is 11.5. The minimum Gasteiger partial charge on any atom is -0.462 e. The first-order chi connectivity index (χ1) is 14.2. The van der Waals surface area contributed by atoms with E-state index in [4.69, 9.17) is 18.9 Å². The summed E-state index contributed by atoms with van der Waals surface area (Å²) in [6.07, 6.45) is 4.18. The minimum atomic E-state index is -1.80. The average Bonchev–Trinajstić information content (AvgIpc) is 2.65. The van der Waals surface area contributed by atoms with Crippen molar-refractivity contribution in [3.05, 3.63) is 0 Å². The zero-order valence-electron chi connectivity index (χ0n) is 18.6. The second kappa shape index (κ2) is 11.1. The molecular formula is C22H36O8. The fourth-order valence-corrected chi connectivity index (χ4v) is 4.70. The SMILES string of the molecule is CCCCCC[C@H](OC(C)=O)[C@@H]1CC[C@@H]2[C@H](OC(C)=O)CC[C@H](OC(C)=O)[C@@]2(O)O1. The molecule has 0 amide bonds. The van der Waals surface area contributed by atoms with Gasteiger partial charge in [0.05, 0.1) is 12.0 Å². The summed E-state index contributed by atoms with van der Waals surface area (Å²) < 4.78 is 22.5. The van der Waals surface area contributed by atoms with Crippen LogP contribution in [0.25, 0.3) is 0 Å². The Morgan fingerprint density at radius 3 is 2.27 bits per heavy atom. The Bertz CT molecular complexity index is 606. The van der Waals surface area contributed by atoms with E-state index in [0.717, 1.165) is 25.7 Å². The highest BCUT2D eigenvalue weighted by Gasteiger charge is 2.58. The van der Waals surface area contributed by atoms with E-state index in [1.54, 1.807) is 0 Å². The predicted octanol–water partition coefficient (Wildman–Crippen LogP) is 3.03. The molecule has 0 radical (unpaired) electrons. The molecule has 0 unspecified atom stereocenters. The van der Waals surface area contributed by atoms with Gasteiger partial charge in [-0.2, -0.15) is 0 Å². The standard InChI is InChI=1S/C22H36O8/c1-5-6-7-8-9-19(28-15(3)24)20-11-10-17-18(27-14(2)23)12-13-21(29-16(4)25)22(17,26)30-20/h17-21,26H,5-13H2,1-4H3/t17-,18-,19+,20+,21+,22+/m1/s1. The summed E-state index contributed by atoms with van der Waals surface area (Å²) in [5.74, 6) is -3.65. The molecule has 1 saturated carbocycles. The summed E-state index contributed by atoms with van der Waals surface area (Å²) in [6, 6.07) is 0. The zero-order chi connectivity index (χ0) is 22.3. The van der Waals surface area contributed by atoms with Crippen LogP contribution in [0.1, 0.15) is 85.5 Å². The minimum absolute atomic E-state index is 0.311. The Labute approximate surface area is 178 Å². The second-order valence-electron chi connectivity index (χ2n) is 8.41. The van der Waals surface area contributed by atoms with Crippen molar-refractivity contribution in [2.75, 3.05) is 0 Å². The van der Waals surface area contributed by atoms with E-state index in [-0.39, 0.29) is 0 Å². The van der Waals surface area contributed by atoms with Gasteiger partial charge in [-0.3, -0.25) is 14.4 Å². The predicted molar refractivity (Wildman–Crippen MR) is 107 cm³/mol. The Hall–Kier alpha value is -1.67. The van der Waals surface area contributed by atoms with E-state index in [9.17, 15) is 19.5 Å². The van der Waals surface area contributed by atoms with E-state index in [0.29, 0.717) is 32.1 Å². The number of hydrogen-bond donors (Lipinski definition) is 1. The third-order valence-electron chi connectivity index (χ3n) is 5.96. The summed E-state index contributed by atoms with van der Waals surface area (Å²) in [7, 11) is 0. The van der Waals surface area contributed by atoms with Crippen LogP contribution >= 0.6 is 0 Å². The van der Waals surface area contributed by atoms with Crippen LogP contribution < -0.4 is 0 Å². The van der Waals surface area contributed by atoms with Gasteiger partial charge in [-0.1, -0.05) is 26.2 Å². The van der Waals surface area contributed by atoms with Crippen molar-refractivity contribution in [2.45, 2.75) is 116 Å². The van der Waals surface area contributed by atoms with Crippen molar-refractivity contribution in [1.82, 2.24) is 0 Å². The maximum absolute atomic E-state index is 11.7. The van der Waals surface area contributed by atoms with Crippen LogP contribution in [0.4, 0.5) is 0 Å². The van der Waals surface area contributed by atoms with Gasteiger partial charge in [0, 0.05) is 20.8 Å². The monoisotopic (exact) mass is 428 g/mol. The lowest BCUT2D eigenvalue weighted by atomic mass is 9.73. The van der Waals surface area contributed by atoms with Crippen LogP contribution in [0.15, 0.2) is 0 Å². The number of hydrogen-bond acceptors (Lipinski definition) is 8. The Morgan fingerprint density at radius 2 is 1.67 bits per heavy atom. The van der Waals surface area contributed by atoms with Crippen molar-refractivity contribution in [3.8, 4) is 0 Å². The Morgan fingerprint density at radius 1 is 0.967 bits per heavy atom. The quantitative estimate of drug-likeness (QED) is 0.339. The van der Waals surface area contributed by atoms with Gasteiger partial charge < -0.3 is 24.1 Å². The Balaban J connectivity index is 2.19. The third kappa shape index (κ3) is 6.41. The second-order valence-corrected chi connectivity index (χ2v) is 8.41. The molecule has 8 heteroatoms. The first kappa shape index (κ1) is 24.6. The molecular weight excluding hydrogens is 392 g/mol. The van der Waals surface area contributed by atoms with E-state index < -0.39 is 54.0 Å². The fourth-order valence-electron chi connectivity index (χ4n) is 4.70. The van der Waals surface area contributed by atoms with Crippen molar-refractivity contribution in [1.29, 1.82) is 0 Å². The van der Waals surface area contributed by atoms with Gasteiger partial charge >= 0.3 is 17.9 Å². The zero-order valence-corrected chi connectivity index (χ0v) is 18.6. The van der Waals surface area contributed by atoms with Gasteiger partial charge in [0.25, 0.3) is 0 Å². The lowest BCUT2D eigenvalue weighted by Crippen LogP contribution is -2.64. The number of carbonyl (C=O) groups is 3. The van der Waals surface area contributed by atoms with Crippen LogP contribution in [0.5, 0.6) is 0 Å². The first-order valence-electron chi connectivity index (χ1n) is 11.1. The molecule has 1 aliphatic carbocycles. The Kier molecular flexibility index (Phi) is 9.09. The smallest absolute Gasteiger partial charge is 0.303 e. The van der Waals surface area contributed by atoms with Crippen molar-refractivity contribution in [2.24, 2.45) is 5.92 Å². The van der Waals surface area contributed by atoms with E-state index in [2.05, 4.69) is 6.92 Å². The molecule has 0 aromatic heterocycles. The van der Waals surface area contributed by atoms with Gasteiger partial charge in [-0.25, -0.2) is 0 Å². The molecule has 0 spiro atoms. The maximum atomic E-state index is 11.7. The largest absolute Gasteiger partial charge is 0.462 e. The van der Waals surface area contributed by atoms with E-state index >= 15 is 0 Å². The number of carbonyl (C=O) groups excluding carboxylic acids is 3. The molecule has 0 aromatic carbocycles. The number of ether oxygens (including phenoxy) is 4. The topological polar surface area (TPSA) is 108 Å². The number of unbranched alkanes of at least 4 members (excludes halogenated alkanes) is 3. The van der Waals surface area contributed by atoms with Gasteiger partial charge in [0.2, 0.25) is 5.79 Å². The maximum Gasteiger partial charge on any atom is 0.303 e. The van der Waals surface area contributed by atoms with Crippen LogP contribution in [-0.2, 0) is 33.3 Å². The third-order valence-corrected chi connectivity index (χ3v) is 5.96. The molecule has 0 aromatic rings. The highest BCUT2D eigenvalue weighted by molar-refractivity contribution is 5.67. The van der Waals surface area contributed by atoms with E-state index in [1.807, 2.05) is 0 Å². The summed E-state index contributed by atoms with van der Waals surface area (Å²) >= 11 is 0. The highest BCUT2D eigenvalue weighted by Crippen LogP contribution is 2.46. The van der Waals surface area contributed by atoms with Crippen LogP contribution in [-0.4, -0.2) is 53.2 Å². The molecule has 6 atom stereocenters. The van der Waals surface area contributed by atoms with Crippen molar-refractivity contribution in [3.63, 3.8) is 0 Å². The molecule has 172 valence electrons. The molecule has 1 N–H and O–H groups in total. The molecule has 1 saturated heterocycles. The van der Waals surface area contributed by atoms with Crippen molar-refractivity contribution < 1.29 is 38.4 Å². The first-order valence-corrected chi connectivity index (χ1v) is 11.1. The summed E-state index contributed by atoms with van der Waals surface area (Å²) in [5.41, 5.74) is 0.